The Kier molecular flexibility index (Phi) is 3.21. The Hall–Kier alpha value is -1.99. The van der Waals surface area contributed by atoms with Crippen molar-refractivity contribution in [2.75, 3.05) is 0 Å². The van der Waals surface area contributed by atoms with Crippen molar-refractivity contribution < 1.29 is 31.8 Å². The Labute approximate surface area is 86.6 Å². The number of rotatable bonds is 2. The van der Waals surface area contributed by atoms with Gasteiger partial charge in [-0.05, 0) is 12.1 Å². The molecule has 0 aliphatic heterocycles. The van der Waals surface area contributed by atoms with Crippen LogP contribution in [0.15, 0.2) is 18.2 Å². The molecular formula is C8H5F4NO3. The fourth-order valence-corrected chi connectivity index (χ4v) is 0.881. The molecule has 8 heteroatoms. The minimum absolute atomic E-state index is 0.733. The number of carbonyl (C=O) groups excluding carboxylic acids is 1. The van der Waals surface area contributed by atoms with E-state index in [1.165, 1.54) is 0 Å². The van der Waals surface area contributed by atoms with Crippen LogP contribution in [0.5, 0.6) is 11.5 Å². The lowest BCUT2D eigenvalue weighted by molar-refractivity contribution is -0.275. The molecule has 1 aromatic rings. The number of primary amides is 1. The fourth-order valence-electron chi connectivity index (χ4n) is 0.881. The first-order valence-corrected chi connectivity index (χ1v) is 3.81. The van der Waals surface area contributed by atoms with Crippen LogP contribution in [0.1, 0.15) is 0 Å². The zero-order chi connectivity index (χ0) is 12.3. The summed E-state index contributed by atoms with van der Waals surface area (Å²) in [6.45, 7) is 0. The van der Waals surface area contributed by atoms with Gasteiger partial charge in [-0.2, -0.15) is 4.39 Å². The van der Waals surface area contributed by atoms with Crippen LogP contribution in [0.25, 0.3) is 0 Å². The molecule has 1 rings (SSSR count). The molecule has 0 aliphatic rings. The number of alkyl halides is 3. The molecule has 0 saturated carbocycles. The summed E-state index contributed by atoms with van der Waals surface area (Å²) in [7, 11) is 0. The molecule has 16 heavy (non-hydrogen) atoms. The summed E-state index contributed by atoms with van der Waals surface area (Å²) in [4.78, 5) is 10.3. The number of halogens is 4. The van der Waals surface area contributed by atoms with Crippen molar-refractivity contribution in [1.82, 2.24) is 0 Å². The summed E-state index contributed by atoms with van der Waals surface area (Å²) < 4.78 is 56.1. The van der Waals surface area contributed by atoms with Gasteiger partial charge in [0.1, 0.15) is 0 Å². The highest BCUT2D eigenvalue weighted by molar-refractivity contribution is 5.68. The molecule has 0 atom stereocenters. The Morgan fingerprint density at radius 1 is 1.25 bits per heavy atom. The first kappa shape index (κ1) is 12.1. The van der Waals surface area contributed by atoms with Crippen molar-refractivity contribution in [3.05, 3.63) is 24.0 Å². The van der Waals surface area contributed by atoms with E-state index in [4.69, 9.17) is 0 Å². The zero-order valence-electron chi connectivity index (χ0n) is 7.55. The van der Waals surface area contributed by atoms with Crippen molar-refractivity contribution in [2.45, 2.75) is 6.36 Å². The summed E-state index contributed by atoms with van der Waals surface area (Å²) in [6.07, 6.45) is -6.38. The molecule has 4 nitrogen and oxygen atoms in total. The minimum atomic E-state index is -5.04. The molecule has 0 bridgehead atoms. The van der Waals surface area contributed by atoms with E-state index in [1.807, 2.05) is 0 Å². The number of ether oxygens (including phenoxy) is 2. The predicted octanol–water partition coefficient (Wildman–Crippen LogP) is 2.18. The third-order valence-electron chi connectivity index (χ3n) is 1.36. The Balaban J connectivity index is 2.99. The van der Waals surface area contributed by atoms with Gasteiger partial charge in [-0.25, -0.2) is 4.79 Å². The third kappa shape index (κ3) is 3.30. The van der Waals surface area contributed by atoms with Crippen molar-refractivity contribution in [2.24, 2.45) is 5.73 Å². The maximum atomic E-state index is 13.2. The summed E-state index contributed by atoms with van der Waals surface area (Å²) in [5.74, 6) is -3.31. The number of hydrogen-bond donors (Lipinski definition) is 1. The highest BCUT2D eigenvalue weighted by atomic mass is 19.4. The van der Waals surface area contributed by atoms with E-state index in [9.17, 15) is 22.4 Å². The molecule has 0 fully saturated rings. The molecule has 0 radical (unpaired) electrons. The van der Waals surface area contributed by atoms with E-state index in [0.29, 0.717) is 0 Å². The molecule has 1 aromatic carbocycles. The summed E-state index contributed by atoms with van der Waals surface area (Å²) >= 11 is 0. The highest BCUT2D eigenvalue weighted by Gasteiger charge is 2.33. The number of benzene rings is 1. The zero-order valence-corrected chi connectivity index (χ0v) is 7.55. The first-order valence-electron chi connectivity index (χ1n) is 3.81. The molecular weight excluding hydrogens is 234 g/mol. The average molecular weight is 239 g/mol. The van der Waals surface area contributed by atoms with Crippen LogP contribution in [-0.4, -0.2) is 12.5 Å². The number of nitrogens with two attached hydrogens (primary N) is 1. The van der Waals surface area contributed by atoms with Gasteiger partial charge in [-0.15, -0.1) is 13.2 Å². The maximum Gasteiger partial charge on any atom is 0.573 e. The maximum absolute atomic E-state index is 13.2. The van der Waals surface area contributed by atoms with Gasteiger partial charge in [0, 0.05) is 0 Å². The smallest absolute Gasteiger partial charge is 0.407 e. The second-order valence-corrected chi connectivity index (χ2v) is 2.54. The van der Waals surface area contributed by atoms with Gasteiger partial charge in [0.2, 0.25) is 5.82 Å². The molecule has 0 unspecified atom stereocenters. The number of amides is 1. The summed E-state index contributed by atoms with van der Waals surface area (Å²) in [6, 6.07) is 2.68. The van der Waals surface area contributed by atoms with Crippen LogP contribution in [-0.2, 0) is 0 Å². The van der Waals surface area contributed by atoms with Gasteiger partial charge in [-0.3, -0.25) is 0 Å². The van der Waals surface area contributed by atoms with Crippen molar-refractivity contribution >= 4 is 6.09 Å². The first-order chi connectivity index (χ1) is 7.29. The van der Waals surface area contributed by atoms with Gasteiger partial charge in [0.15, 0.2) is 11.5 Å². The van der Waals surface area contributed by atoms with E-state index in [2.05, 4.69) is 15.2 Å². The monoisotopic (exact) mass is 239 g/mol. The second kappa shape index (κ2) is 4.25. The summed E-state index contributed by atoms with van der Waals surface area (Å²) in [5.41, 5.74) is 4.58. The van der Waals surface area contributed by atoms with Crippen molar-refractivity contribution in [1.29, 1.82) is 0 Å². The normalized spacial score (nSPS) is 11.0. The van der Waals surface area contributed by atoms with Gasteiger partial charge < -0.3 is 15.2 Å². The fraction of sp³-hybridized carbons (Fsp3) is 0.125. The Morgan fingerprint density at radius 3 is 2.31 bits per heavy atom. The largest absolute Gasteiger partial charge is 0.573 e. The van der Waals surface area contributed by atoms with Crippen molar-refractivity contribution in [3.63, 3.8) is 0 Å². The molecule has 0 aromatic heterocycles. The van der Waals surface area contributed by atoms with Gasteiger partial charge >= 0.3 is 12.5 Å². The van der Waals surface area contributed by atoms with E-state index in [0.717, 1.165) is 18.2 Å². The molecule has 88 valence electrons. The standard InChI is InChI=1S/C8H5F4NO3/c9-6-4(15-7(13)14)2-1-3-5(6)16-8(10,11)12/h1-3H,(H2,13,14). The van der Waals surface area contributed by atoms with Crippen LogP contribution >= 0.6 is 0 Å². The molecule has 0 heterocycles. The molecule has 0 spiro atoms. The van der Waals surface area contributed by atoms with E-state index in [1.54, 1.807) is 0 Å². The van der Waals surface area contributed by atoms with Crippen LogP contribution in [0.4, 0.5) is 22.4 Å². The SMILES string of the molecule is NC(=O)Oc1cccc(OC(F)(F)F)c1F. The van der Waals surface area contributed by atoms with Crippen LogP contribution < -0.4 is 15.2 Å². The van der Waals surface area contributed by atoms with Gasteiger partial charge in [0.05, 0.1) is 0 Å². The average Bonchev–Trinajstić information content (AvgIpc) is 2.09. The Morgan fingerprint density at radius 2 is 1.81 bits per heavy atom. The predicted molar refractivity (Wildman–Crippen MR) is 43.3 cm³/mol. The highest BCUT2D eigenvalue weighted by Crippen LogP contribution is 2.30. The molecule has 2 N–H and O–H groups in total. The third-order valence-corrected chi connectivity index (χ3v) is 1.36. The lowest BCUT2D eigenvalue weighted by Gasteiger charge is -2.10. The van der Waals surface area contributed by atoms with E-state index < -0.39 is 29.8 Å². The molecule has 0 aliphatic carbocycles. The van der Waals surface area contributed by atoms with E-state index in [-0.39, 0.29) is 0 Å². The quantitative estimate of drug-likeness (QED) is 0.804. The van der Waals surface area contributed by atoms with Crippen LogP contribution in [0.2, 0.25) is 0 Å². The number of carbonyl (C=O) groups is 1. The topological polar surface area (TPSA) is 61.6 Å². The van der Waals surface area contributed by atoms with Crippen LogP contribution in [0, 0.1) is 5.82 Å². The summed E-state index contributed by atoms with van der Waals surface area (Å²) in [5, 5.41) is 0. The lowest BCUT2D eigenvalue weighted by atomic mass is 10.3. The molecule has 0 saturated heterocycles. The van der Waals surface area contributed by atoms with Gasteiger partial charge in [-0.1, -0.05) is 6.07 Å². The Bertz CT molecular complexity index is 405. The molecule has 1 amide bonds. The lowest BCUT2D eigenvalue weighted by Crippen LogP contribution is -2.19. The van der Waals surface area contributed by atoms with Crippen molar-refractivity contribution in [3.8, 4) is 11.5 Å². The second-order valence-electron chi connectivity index (χ2n) is 2.54. The van der Waals surface area contributed by atoms with Gasteiger partial charge in [0.25, 0.3) is 0 Å². The minimum Gasteiger partial charge on any atom is -0.407 e. The van der Waals surface area contributed by atoms with Crippen LogP contribution in [0.3, 0.4) is 0 Å². The number of hydrogen-bond acceptors (Lipinski definition) is 3. The van der Waals surface area contributed by atoms with E-state index >= 15 is 0 Å².